The zero-order chi connectivity index (χ0) is 29.6. The molecule has 2 amide bonds. The van der Waals surface area contributed by atoms with Gasteiger partial charge < -0.3 is 24.1 Å². The van der Waals surface area contributed by atoms with Crippen molar-refractivity contribution >= 4 is 28.4 Å². The Morgan fingerprint density at radius 1 is 0.881 bits per heavy atom. The number of hydrogen-bond donors (Lipinski definition) is 1. The van der Waals surface area contributed by atoms with E-state index in [0.29, 0.717) is 31.3 Å². The Labute approximate surface area is 243 Å². The minimum Gasteiger partial charge on any atom is -0.467 e. The summed E-state index contributed by atoms with van der Waals surface area (Å²) in [5, 5.41) is 1.08. The lowest BCUT2D eigenvalue weighted by molar-refractivity contribution is -0.132. The van der Waals surface area contributed by atoms with Crippen molar-refractivity contribution in [1.29, 1.82) is 0 Å². The van der Waals surface area contributed by atoms with Gasteiger partial charge in [-0.15, -0.1) is 0 Å². The number of nitrogens with zero attached hydrogens (tertiary/aromatic N) is 3. The van der Waals surface area contributed by atoms with Crippen LogP contribution >= 0.6 is 0 Å². The summed E-state index contributed by atoms with van der Waals surface area (Å²) in [4.78, 5) is 35.5. The van der Waals surface area contributed by atoms with Crippen LogP contribution in [0, 0.1) is 11.6 Å². The summed E-state index contributed by atoms with van der Waals surface area (Å²) >= 11 is 0. The Kier molecular flexibility index (Phi) is 8.66. The quantitative estimate of drug-likeness (QED) is 0.211. The van der Waals surface area contributed by atoms with Gasteiger partial charge in [0.15, 0.2) is 0 Å². The summed E-state index contributed by atoms with van der Waals surface area (Å²) in [7, 11) is 3.92. The highest BCUT2D eigenvalue weighted by atomic mass is 19.1. The first kappa shape index (κ1) is 28.6. The van der Waals surface area contributed by atoms with Crippen LogP contribution in [0.15, 0.2) is 95.7 Å². The number of aromatic nitrogens is 1. The summed E-state index contributed by atoms with van der Waals surface area (Å²) in [6.07, 6.45) is 4.00. The van der Waals surface area contributed by atoms with Gasteiger partial charge in [0.05, 0.1) is 18.4 Å². The highest BCUT2D eigenvalue weighted by Crippen LogP contribution is 2.21. The first-order chi connectivity index (χ1) is 20.3. The van der Waals surface area contributed by atoms with Crippen LogP contribution in [-0.2, 0) is 24.3 Å². The summed E-state index contributed by atoms with van der Waals surface area (Å²) in [5.41, 5.74) is 3.73. The van der Waals surface area contributed by atoms with Gasteiger partial charge in [-0.3, -0.25) is 9.59 Å². The fourth-order valence-corrected chi connectivity index (χ4v) is 4.89. The van der Waals surface area contributed by atoms with Crippen LogP contribution in [-0.4, -0.2) is 53.8 Å². The molecule has 216 valence electrons. The van der Waals surface area contributed by atoms with Gasteiger partial charge in [-0.25, -0.2) is 8.78 Å². The molecule has 0 saturated carbocycles. The lowest BCUT2D eigenvalue weighted by Crippen LogP contribution is -2.43. The van der Waals surface area contributed by atoms with Crippen LogP contribution in [0.3, 0.4) is 0 Å². The van der Waals surface area contributed by atoms with Crippen LogP contribution in [0.1, 0.15) is 27.2 Å². The van der Waals surface area contributed by atoms with E-state index in [1.54, 1.807) is 17.0 Å². The second-order valence-corrected chi connectivity index (χ2v) is 10.4. The van der Waals surface area contributed by atoms with Crippen molar-refractivity contribution in [3.8, 4) is 0 Å². The number of halogens is 2. The zero-order valence-electron chi connectivity index (χ0n) is 23.5. The lowest BCUT2D eigenvalue weighted by atomic mass is 10.1. The number of nitrogens with one attached hydrogen (secondary N) is 1. The monoisotopic (exact) mass is 570 g/mol. The Balaban J connectivity index is 1.40. The average Bonchev–Trinajstić information content (AvgIpc) is 3.65. The van der Waals surface area contributed by atoms with E-state index >= 15 is 0 Å². The van der Waals surface area contributed by atoms with Crippen LogP contribution in [0.2, 0.25) is 0 Å². The molecule has 2 heterocycles. The molecule has 0 aliphatic rings. The van der Waals surface area contributed by atoms with Crippen LogP contribution in [0.25, 0.3) is 10.9 Å². The number of aromatic amines is 1. The van der Waals surface area contributed by atoms with E-state index in [-0.39, 0.29) is 24.6 Å². The summed E-state index contributed by atoms with van der Waals surface area (Å²) in [6, 6.07) is 22.0. The number of H-pyrrole nitrogens is 1. The molecule has 5 rings (SSSR count). The molecule has 3 aromatic carbocycles. The first-order valence-electron chi connectivity index (χ1n) is 13.6. The Morgan fingerprint density at radius 3 is 2.38 bits per heavy atom. The lowest BCUT2D eigenvalue weighted by Gasteiger charge is -2.28. The van der Waals surface area contributed by atoms with Gasteiger partial charge in [-0.2, -0.15) is 0 Å². The van der Waals surface area contributed by atoms with E-state index in [4.69, 9.17) is 4.42 Å². The van der Waals surface area contributed by atoms with Crippen molar-refractivity contribution in [2.75, 3.05) is 32.1 Å². The largest absolute Gasteiger partial charge is 0.467 e. The van der Waals surface area contributed by atoms with E-state index in [1.165, 1.54) is 11.2 Å². The molecule has 0 spiro atoms. The van der Waals surface area contributed by atoms with Gasteiger partial charge in [0.2, 0.25) is 5.91 Å². The van der Waals surface area contributed by atoms with Crippen molar-refractivity contribution in [2.24, 2.45) is 0 Å². The molecule has 2 aromatic heterocycles. The van der Waals surface area contributed by atoms with E-state index in [0.717, 1.165) is 39.8 Å². The highest BCUT2D eigenvalue weighted by molar-refractivity contribution is 5.96. The van der Waals surface area contributed by atoms with E-state index in [9.17, 15) is 18.4 Å². The molecule has 0 aliphatic heterocycles. The van der Waals surface area contributed by atoms with Crippen molar-refractivity contribution < 1.29 is 22.8 Å². The minimum absolute atomic E-state index is 0.0534. The van der Waals surface area contributed by atoms with Gasteiger partial charge in [-0.1, -0.05) is 30.3 Å². The molecule has 1 N–H and O–H groups in total. The van der Waals surface area contributed by atoms with E-state index < -0.39 is 17.5 Å². The summed E-state index contributed by atoms with van der Waals surface area (Å²) < 4.78 is 33.6. The Bertz CT molecular complexity index is 1660. The average molecular weight is 571 g/mol. The molecule has 0 unspecified atom stereocenters. The molecule has 42 heavy (non-hydrogen) atoms. The van der Waals surface area contributed by atoms with Crippen molar-refractivity contribution in [2.45, 2.75) is 19.5 Å². The second kappa shape index (κ2) is 12.7. The predicted octanol–water partition coefficient (Wildman–Crippen LogP) is 6.02. The minimum atomic E-state index is -0.992. The van der Waals surface area contributed by atoms with Gasteiger partial charge in [0, 0.05) is 56.0 Å². The number of rotatable bonds is 11. The molecular weight excluding hydrogens is 538 g/mol. The van der Waals surface area contributed by atoms with E-state index in [1.807, 2.05) is 73.7 Å². The van der Waals surface area contributed by atoms with Crippen molar-refractivity contribution in [3.05, 3.63) is 125 Å². The number of furan rings is 1. The Hall–Kier alpha value is -4.92. The molecule has 0 fully saturated rings. The number of para-hydroxylation sites is 1. The number of carbonyl (C=O) groups excluding carboxylic acids is 2. The predicted molar refractivity (Wildman–Crippen MR) is 158 cm³/mol. The number of anilines is 1. The van der Waals surface area contributed by atoms with E-state index in [2.05, 4.69) is 4.98 Å². The van der Waals surface area contributed by atoms with Gasteiger partial charge >= 0.3 is 0 Å². The highest BCUT2D eigenvalue weighted by Gasteiger charge is 2.26. The maximum atomic E-state index is 14.6. The number of amides is 2. The molecule has 0 bridgehead atoms. The van der Waals surface area contributed by atoms with Gasteiger partial charge in [0.1, 0.15) is 23.9 Å². The molecule has 0 saturated heterocycles. The topological polar surface area (TPSA) is 72.8 Å². The van der Waals surface area contributed by atoms with Crippen molar-refractivity contribution in [3.63, 3.8) is 0 Å². The number of benzene rings is 3. The third-order valence-electron chi connectivity index (χ3n) is 7.21. The third kappa shape index (κ3) is 6.68. The Morgan fingerprint density at radius 2 is 1.67 bits per heavy atom. The third-order valence-corrected chi connectivity index (χ3v) is 7.21. The molecular formula is C33H32F2N4O3. The van der Waals surface area contributed by atoms with Crippen LogP contribution in [0.4, 0.5) is 14.5 Å². The maximum Gasteiger partial charge on any atom is 0.257 e. The number of hydrogen-bond acceptors (Lipinski definition) is 4. The fraction of sp³-hybridized carbons (Fsp3) is 0.212. The maximum absolute atomic E-state index is 14.6. The molecule has 0 radical (unpaired) electrons. The molecule has 7 nitrogen and oxygen atoms in total. The smallest absolute Gasteiger partial charge is 0.257 e. The SMILES string of the molecule is CN(C)c1ccc(CN(CCc2c[nH]c3ccccc23)C(=O)CN(Cc2ccco2)C(=O)c2ccc(F)cc2F)cc1. The fourth-order valence-electron chi connectivity index (χ4n) is 4.89. The standard InChI is InChI=1S/C33H32F2N4O3/c1-37(2)26-12-9-23(10-13-26)20-38(16-15-24-19-36-31-8-4-3-7-28(24)31)32(40)22-39(21-27-6-5-17-42-27)33(41)29-14-11-25(34)18-30(29)35/h3-14,17-19,36H,15-16,20-22H2,1-2H3. The molecule has 5 aromatic rings. The molecule has 0 aliphatic carbocycles. The number of fused-ring (bicyclic) bond motifs is 1. The zero-order valence-corrected chi connectivity index (χ0v) is 23.5. The second-order valence-electron chi connectivity index (χ2n) is 10.4. The molecule has 0 atom stereocenters. The summed E-state index contributed by atoms with van der Waals surface area (Å²) in [5.74, 6) is -2.39. The van der Waals surface area contributed by atoms with Crippen LogP contribution < -0.4 is 4.90 Å². The van der Waals surface area contributed by atoms with Crippen molar-refractivity contribution in [1.82, 2.24) is 14.8 Å². The summed E-state index contributed by atoms with van der Waals surface area (Å²) in [6.45, 7) is 0.342. The first-order valence-corrected chi connectivity index (χ1v) is 13.6. The number of carbonyl (C=O) groups is 2. The van der Waals surface area contributed by atoms with Gasteiger partial charge in [0.25, 0.3) is 5.91 Å². The normalized spacial score (nSPS) is 11.0. The van der Waals surface area contributed by atoms with Gasteiger partial charge in [-0.05, 0) is 60.0 Å². The molecule has 9 heteroatoms. The van der Waals surface area contributed by atoms with Crippen LogP contribution in [0.5, 0.6) is 0 Å².